The molecule has 1 saturated heterocycles. The fraction of sp³-hybridized carbons (Fsp3) is 0.286. The van der Waals surface area contributed by atoms with Gasteiger partial charge in [0.1, 0.15) is 5.00 Å². The molecule has 1 fully saturated rings. The highest BCUT2D eigenvalue weighted by molar-refractivity contribution is 7.20. The predicted octanol–water partition coefficient (Wildman–Crippen LogP) is 1.64. The van der Waals surface area contributed by atoms with Crippen molar-refractivity contribution in [3.05, 3.63) is 24.0 Å². The Bertz CT molecular complexity index is 823. The number of anilines is 2. The summed E-state index contributed by atoms with van der Waals surface area (Å²) >= 11 is 1.08. The van der Waals surface area contributed by atoms with E-state index < -0.39 is 24.4 Å². The van der Waals surface area contributed by atoms with Crippen molar-refractivity contribution < 1.29 is 18.4 Å². The van der Waals surface area contributed by atoms with Crippen LogP contribution in [0.2, 0.25) is 0 Å². The highest BCUT2D eigenvalue weighted by Gasteiger charge is 2.39. The number of hydrogen-bond acceptors (Lipinski definition) is 6. The van der Waals surface area contributed by atoms with Crippen LogP contribution in [-0.2, 0) is 0 Å². The van der Waals surface area contributed by atoms with E-state index in [4.69, 9.17) is 11.5 Å². The van der Waals surface area contributed by atoms with Crippen LogP contribution in [0.1, 0.15) is 16.8 Å². The van der Waals surface area contributed by atoms with Crippen LogP contribution < -0.4 is 21.7 Å². The largest absolute Gasteiger partial charge is 0.366 e. The average Bonchev–Trinajstić information content (AvgIpc) is 3.10. The number of nitrogens with two attached hydrogens (primary N) is 2. The fourth-order valence-corrected chi connectivity index (χ4v) is 3.48. The molecule has 0 bridgehead atoms. The second-order valence-corrected chi connectivity index (χ2v) is 6.56. The lowest BCUT2D eigenvalue weighted by atomic mass is 10.2. The van der Waals surface area contributed by atoms with Crippen molar-refractivity contribution in [3.63, 3.8) is 0 Å². The van der Waals surface area contributed by atoms with E-state index in [1.807, 2.05) is 0 Å². The number of nitrogens with one attached hydrogen (secondary N) is 1. The third-order valence-electron chi connectivity index (χ3n) is 3.61. The molecule has 1 aliphatic heterocycles. The molecular weight excluding hydrogens is 354 g/mol. The average molecular weight is 368 g/mol. The minimum Gasteiger partial charge on any atom is -0.366 e. The van der Waals surface area contributed by atoms with Gasteiger partial charge in [0.05, 0.1) is 12.1 Å². The summed E-state index contributed by atoms with van der Waals surface area (Å²) in [6, 6.07) is 0.665. The summed E-state index contributed by atoms with van der Waals surface area (Å²) in [6.45, 7) is -0.228. The van der Waals surface area contributed by atoms with Gasteiger partial charge in [0, 0.05) is 35.8 Å². The Labute approximate surface area is 144 Å². The molecule has 3 amide bonds. The minimum absolute atomic E-state index is 0.113. The smallest absolute Gasteiger partial charge is 0.317 e. The van der Waals surface area contributed by atoms with Gasteiger partial charge in [-0.3, -0.25) is 10.1 Å². The van der Waals surface area contributed by atoms with Gasteiger partial charge in [-0.25, -0.2) is 23.5 Å². The van der Waals surface area contributed by atoms with Gasteiger partial charge in [-0.2, -0.15) is 0 Å². The summed E-state index contributed by atoms with van der Waals surface area (Å²) in [5.74, 6) is -3.24. The number of aromatic nitrogens is 2. The van der Waals surface area contributed by atoms with E-state index in [0.29, 0.717) is 10.4 Å². The zero-order valence-corrected chi connectivity index (χ0v) is 13.6. The number of primary amides is 2. The zero-order chi connectivity index (χ0) is 18.2. The standard InChI is InChI=1S/C14H14F2N6O2S/c15-14(16)1-2-22(6-14)13-19-4-7(5-20-13)9-3-8(10(17)23)11(25-9)21-12(18)24/h3-5H,1-2,6H2,(H2,17,23)(H3,18,21,24). The summed E-state index contributed by atoms with van der Waals surface area (Å²) in [5.41, 5.74) is 11.0. The Kier molecular flexibility index (Phi) is 4.25. The Hall–Kier alpha value is -2.82. The van der Waals surface area contributed by atoms with Gasteiger partial charge in [-0.1, -0.05) is 0 Å². The Morgan fingerprint density at radius 2 is 1.96 bits per heavy atom. The molecule has 2 aromatic rings. The monoisotopic (exact) mass is 368 g/mol. The van der Waals surface area contributed by atoms with Crippen molar-refractivity contribution in [2.75, 3.05) is 23.3 Å². The van der Waals surface area contributed by atoms with E-state index in [2.05, 4.69) is 15.3 Å². The number of hydrogen-bond donors (Lipinski definition) is 3. The van der Waals surface area contributed by atoms with Crippen LogP contribution in [0.25, 0.3) is 10.4 Å². The summed E-state index contributed by atoms with van der Waals surface area (Å²) in [5, 5.41) is 2.55. The van der Waals surface area contributed by atoms with E-state index in [9.17, 15) is 18.4 Å². The molecule has 0 spiro atoms. The maximum atomic E-state index is 13.3. The Morgan fingerprint density at radius 3 is 2.48 bits per heavy atom. The molecule has 1 aliphatic rings. The molecule has 0 aliphatic carbocycles. The molecule has 132 valence electrons. The lowest BCUT2D eigenvalue weighted by Crippen LogP contribution is -2.26. The molecule has 5 N–H and O–H groups in total. The molecule has 0 atom stereocenters. The number of halogens is 2. The number of alkyl halides is 2. The molecule has 3 rings (SSSR count). The van der Waals surface area contributed by atoms with E-state index >= 15 is 0 Å². The molecule has 0 aromatic carbocycles. The molecule has 0 saturated carbocycles. The Morgan fingerprint density at radius 1 is 1.28 bits per heavy atom. The number of nitrogens with zero attached hydrogens (tertiary/aromatic N) is 3. The topological polar surface area (TPSA) is 127 Å². The Balaban J connectivity index is 1.85. The first kappa shape index (κ1) is 17.0. The number of thiophene rings is 1. The predicted molar refractivity (Wildman–Crippen MR) is 88.8 cm³/mol. The third-order valence-corrected chi connectivity index (χ3v) is 4.71. The van der Waals surface area contributed by atoms with E-state index in [-0.39, 0.29) is 29.5 Å². The van der Waals surface area contributed by atoms with Crippen LogP contribution in [0, 0.1) is 0 Å². The third kappa shape index (κ3) is 3.65. The first-order valence-electron chi connectivity index (χ1n) is 7.20. The molecule has 0 unspecified atom stereocenters. The SMILES string of the molecule is NC(=O)Nc1sc(-c2cnc(N3CCC(F)(F)C3)nc2)cc1C(N)=O. The lowest BCUT2D eigenvalue weighted by molar-refractivity contribution is 0.0256. The van der Waals surface area contributed by atoms with Crippen LogP contribution in [0.4, 0.5) is 24.5 Å². The van der Waals surface area contributed by atoms with Crippen LogP contribution in [0.3, 0.4) is 0 Å². The van der Waals surface area contributed by atoms with Crippen LogP contribution >= 0.6 is 11.3 Å². The number of carbonyl (C=O) groups is 2. The quantitative estimate of drug-likeness (QED) is 0.756. The minimum atomic E-state index is -2.73. The van der Waals surface area contributed by atoms with Crippen molar-refractivity contribution >= 4 is 34.2 Å². The number of rotatable bonds is 4. The van der Waals surface area contributed by atoms with Crippen molar-refractivity contribution in [2.45, 2.75) is 12.3 Å². The summed E-state index contributed by atoms with van der Waals surface area (Å²) in [4.78, 5) is 32.7. The molecule has 3 heterocycles. The number of carbonyl (C=O) groups excluding carboxylic acids is 2. The van der Waals surface area contributed by atoms with E-state index in [1.54, 1.807) is 0 Å². The first-order chi connectivity index (χ1) is 11.7. The van der Waals surface area contributed by atoms with Gasteiger partial charge in [0.25, 0.3) is 11.8 Å². The van der Waals surface area contributed by atoms with Crippen molar-refractivity contribution in [3.8, 4) is 10.4 Å². The van der Waals surface area contributed by atoms with E-state index in [1.165, 1.54) is 23.4 Å². The summed E-state index contributed by atoms with van der Waals surface area (Å²) in [7, 11) is 0. The van der Waals surface area contributed by atoms with Gasteiger partial charge < -0.3 is 16.4 Å². The van der Waals surface area contributed by atoms with Crippen LogP contribution in [-0.4, -0.2) is 40.9 Å². The second-order valence-electron chi connectivity index (χ2n) is 5.51. The van der Waals surface area contributed by atoms with Gasteiger partial charge in [0.2, 0.25) is 5.95 Å². The van der Waals surface area contributed by atoms with Crippen molar-refractivity contribution in [1.82, 2.24) is 9.97 Å². The first-order valence-corrected chi connectivity index (χ1v) is 8.02. The maximum Gasteiger partial charge on any atom is 0.317 e. The number of amides is 3. The maximum absolute atomic E-state index is 13.3. The van der Waals surface area contributed by atoms with E-state index in [0.717, 1.165) is 11.3 Å². The number of urea groups is 1. The summed E-state index contributed by atoms with van der Waals surface area (Å²) in [6.07, 6.45) is 2.69. The van der Waals surface area contributed by atoms with Gasteiger partial charge >= 0.3 is 6.03 Å². The molecule has 25 heavy (non-hydrogen) atoms. The lowest BCUT2D eigenvalue weighted by Gasteiger charge is -2.15. The van der Waals surface area contributed by atoms with Gasteiger partial charge in [-0.05, 0) is 6.07 Å². The molecule has 11 heteroatoms. The molecular formula is C14H14F2N6O2S. The zero-order valence-electron chi connectivity index (χ0n) is 12.8. The molecule has 8 nitrogen and oxygen atoms in total. The second kappa shape index (κ2) is 6.24. The normalized spacial score (nSPS) is 16.0. The van der Waals surface area contributed by atoms with Crippen LogP contribution in [0.5, 0.6) is 0 Å². The molecule has 0 radical (unpaired) electrons. The molecule has 2 aromatic heterocycles. The van der Waals surface area contributed by atoms with Gasteiger partial charge in [-0.15, -0.1) is 11.3 Å². The highest BCUT2D eigenvalue weighted by Crippen LogP contribution is 2.35. The summed E-state index contributed by atoms with van der Waals surface area (Å²) < 4.78 is 26.5. The highest BCUT2D eigenvalue weighted by atomic mass is 32.1. The van der Waals surface area contributed by atoms with Gasteiger partial charge in [0.15, 0.2) is 0 Å². The van der Waals surface area contributed by atoms with Crippen molar-refractivity contribution in [1.29, 1.82) is 0 Å². The fourth-order valence-electron chi connectivity index (χ4n) is 2.44. The van der Waals surface area contributed by atoms with Crippen LogP contribution in [0.15, 0.2) is 18.5 Å². The van der Waals surface area contributed by atoms with Crippen molar-refractivity contribution in [2.24, 2.45) is 11.5 Å².